The van der Waals surface area contributed by atoms with Crippen molar-refractivity contribution < 1.29 is 14.4 Å². The van der Waals surface area contributed by atoms with Gasteiger partial charge in [-0.25, -0.2) is 0 Å². The normalized spacial score (nSPS) is 10.0. The number of carbonyl (C=O) groups is 3. The highest BCUT2D eigenvalue weighted by Crippen LogP contribution is 2.14. The number of hydrogen-bond acceptors (Lipinski definition) is 4. The van der Waals surface area contributed by atoms with Crippen molar-refractivity contribution in [1.82, 2.24) is 16.2 Å². The van der Waals surface area contributed by atoms with Crippen LogP contribution in [-0.4, -0.2) is 22.8 Å². The lowest BCUT2D eigenvalue weighted by Crippen LogP contribution is -2.48. The molecule has 0 bridgehead atoms. The van der Waals surface area contributed by atoms with Crippen LogP contribution >= 0.6 is 12.2 Å². The summed E-state index contributed by atoms with van der Waals surface area (Å²) in [7, 11) is 0. The Labute approximate surface area is 175 Å². The van der Waals surface area contributed by atoms with Gasteiger partial charge in [0.05, 0.1) is 6.42 Å². The maximum atomic E-state index is 12.0. The minimum atomic E-state index is -0.417. The van der Waals surface area contributed by atoms with Gasteiger partial charge in [-0.15, -0.1) is 0 Å². The topological polar surface area (TPSA) is 99.3 Å². The molecule has 0 spiro atoms. The number of rotatable bonds is 6. The summed E-state index contributed by atoms with van der Waals surface area (Å²) >= 11 is 4.97. The highest BCUT2D eigenvalue weighted by molar-refractivity contribution is 7.80. The number of nitrogens with one attached hydrogen (secondary N) is 4. The van der Waals surface area contributed by atoms with Crippen molar-refractivity contribution in [2.45, 2.75) is 33.1 Å². The Morgan fingerprint density at radius 3 is 2.21 bits per heavy atom. The van der Waals surface area contributed by atoms with Crippen LogP contribution in [0.3, 0.4) is 0 Å². The molecule has 0 fully saturated rings. The van der Waals surface area contributed by atoms with Crippen molar-refractivity contribution >= 4 is 40.7 Å². The fourth-order valence-corrected chi connectivity index (χ4v) is 2.61. The first-order valence-electron chi connectivity index (χ1n) is 9.13. The lowest BCUT2D eigenvalue weighted by atomic mass is 10.1. The summed E-state index contributed by atoms with van der Waals surface area (Å²) in [6, 6.07) is 14.8. The molecule has 0 unspecified atom stereocenters. The van der Waals surface area contributed by atoms with E-state index in [0.717, 1.165) is 16.7 Å². The van der Waals surface area contributed by atoms with Crippen LogP contribution in [0.25, 0.3) is 0 Å². The maximum Gasteiger partial charge on any atom is 0.238 e. The van der Waals surface area contributed by atoms with Crippen molar-refractivity contribution in [3.8, 4) is 0 Å². The summed E-state index contributed by atoms with van der Waals surface area (Å²) in [4.78, 5) is 35.7. The molecule has 2 rings (SSSR count). The molecular formula is C21H24N4O3S. The minimum absolute atomic E-state index is 0.0149. The smallest absolute Gasteiger partial charge is 0.238 e. The molecule has 7 nitrogen and oxygen atoms in total. The number of carbonyl (C=O) groups excluding carboxylic acids is 3. The molecule has 0 atom stereocenters. The van der Waals surface area contributed by atoms with Crippen LogP contribution in [-0.2, 0) is 20.8 Å². The average molecular weight is 413 g/mol. The monoisotopic (exact) mass is 412 g/mol. The number of thiocarbonyl (C=S) groups is 1. The van der Waals surface area contributed by atoms with Crippen molar-refractivity contribution in [2.24, 2.45) is 0 Å². The van der Waals surface area contributed by atoms with E-state index in [0.29, 0.717) is 5.69 Å². The van der Waals surface area contributed by atoms with Gasteiger partial charge in [0.1, 0.15) is 0 Å². The first-order valence-corrected chi connectivity index (χ1v) is 9.54. The van der Waals surface area contributed by atoms with Gasteiger partial charge >= 0.3 is 0 Å². The van der Waals surface area contributed by atoms with Gasteiger partial charge < -0.3 is 10.6 Å². The van der Waals surface area contributed by atoms with Crippen LogP contribution in [0, 0.1) is 13.8 Å². The van der Waals surface area contributed by atoms with Crippen LogP contribution in [0.1, 0.15) is 29.5 Å². The van der Waals surface area contributed by atoms with Gasteiger partial charge in [0, 0.05) is 18.5 Å². The third-order valence-electron chi connectivity index (χ3n) is 4.15. The summed E-state index contributed by atoms with van der Waals surface area (Å²) < 4.78 is 0. The summed E-state index contributed by atoms with van der Waals surface area (Å²) in [5.41, 5.74) is 8.58. The molecule has 0 heterocycles. The average Bonchev–Trinajstić information content (AvgIpc) is 2.68. The van der Waals surface area contributed by atoms with Gasteiger partial charge in [-0.2, -0.15) is 0 Å². The Balaban J connectivity index is 1.65. The SMILES string of the molecule is Cc1ccc(NC(=O)CCC(=O)NNC(=S)NC(=O)Cc2ccccc2)cc1C. The second-order valence-electron chi connectivity index (χ2n) is 6.56. The van der Waals surface area contributed by atoms with Gasteiger partial charge in [0.15, 0.2) is 5.11 Å². The predicted octanol–water partition coefficient (Wildman–Crippen LogP) is 2.29. The number of amides is 3. The lowest BCUT2D eigenvalue weighted by molar-refractivity contribution is -0.124. The number of benzene rings is 2. The Kier molecular flexibility index (Phi) is 8.29. The highest BCUT2D eigenvalue weighted by Gasteiger charge is 2.09. The molecule has 0 aliphatic carbocycles. The molecular weight excluding hydrogens is 388 g/mol. The third-order valence-corrected chi connectivity index (χ3v) is 4.35. The zero-order chi connectivity index (χ0) is 21.2. The molecule has 2 aromatic carbocycles. The zero-order valence-corrected chi connectivity index (χ0v) is 17.2. The summed E-state index contributed by atoms with van der Waals surface area (Å²) in [6.07, 6.45) is 0.174. The van der Waals surface area contributed by atoms with Crippen LogP contribution in [0.4, 0.5) is 5.69 Å². The van der Waals surface area contributed by atoms with Gasteiger partial charge in [-0.1, -0.05) is 36.4 Å². The van der Waals surface area contributed by atoms with E-state index in [2.05, 4.69) is 21.5 Å². The second-order valence-corrected chi connectivity index (χ2v) is 6.97. The summed E-state index contributed by atoms with van der Waals surface area (Å²) in [5.74, 6) is -0.974. The molecule has 8 heteroatoms. The number of hydrogen-bond donors (Lipinski definition) is 4. The maximum absolute atomic E-state index is 12.0. The Morgan fingerprint density at radius 1 is 0.828 bits per heavy atom. The van der Waals surface area contributed by atoms with Gasteiger partial charge in [-0.05, 0) is 54.9 Å². The first-order chi connectivity index (χ1) is 13.8. The molecule has 0 saturated carbocycles. The molecule has 4 N–H and O–H groups in total. The molecule has 0 radical (unpaired) electrons. The first kappa shape index (κ1) is 22.0. The van der Waals surface area contributed by atoms with Crippen LogP contribution in [0.15, 0.2) is 48.5 Å². The van der Waals surface area contributed by atoms with E-state index in [9.17, 15) is 14.4 Å². The van der Waals surface area contributed by atoms with Crippen molar-refractivity contribution in [2.75, 3.05) is 5.32 Å². The zero-order valence-electron chi connectivity index (χ0n) is 16.4. The molecule has 0 saturated heterocycles. The number of hydrazine groups is 1. The fourth-order valence-electron chi connectivity index (χ4n) is 2.44. The molecule has 0 aromatic heterocycles. The Bertz CT molecular complexity index is 900. The number of aryl methyl sites for hydroxylation is 2. The molecule has 0 aliphatic rings. The Morgan fingerprint density at radius 2 is 1.52 bits per heavy atom. The van der Waals surface area contributed by atoms with E-state index in [4.69, 9.17) is 12.2 Å². The fraction of sp³-hybridized carbons (Fsp3) is 0.238. The minimum Gasteiger partial charge on any atom is -0.326 e. The molecule has 29 heavy (non-hydrogen) atoms. The second kappa shape index (κ2) is 10.9. The number of anilines is 1. The molecule has 152 valence electrons. The molecule has 3 amide bonds. The predicted molar refractivity (Wildman–Crippen MR) is 116 cm³/mol. The van der Waals surface area contributed by atoms with E-state index >= 15 is 0 Å². The van der Waals surface area contributed by atoms with Gasteiger partial charge in [-0.3, -0.25) is 25.2 Å². The quantitative estimate of drug-likeness (QED) is 0.431. The Hall–Kier alpha value is -3.26. The van der Waals surface area contributed by atoms with E-state index in [1.54, 1.807) is 0 Å². The van der Waals surface area contributed by atoms with Crippen molar-refractivity contribution in [3.63, 3.8) is 0 Å². The molecule has 0 aliphatic heterocycles. The van der Waals surface area contributed by atoms with Crippen LogP contribution < -0.4 is 21.5 Å². The van der Waals surface area contributed by atoms with E-state index in [1.165, 1.54) is 0 Å². The van der Waals surface area contributed by atoms with E-state index in [-0.39, 0.29) is 36.2 Å². The van der Waals surface area contributed by atoms with Crippen molar-refractivity contribution in [3.05, 3.63) is 65.2 Å². The molecule has 2 aromatic rings. The summed E-state index contributed by atoms with van der Waals surface area (Å²) in [6.45, 7) is 3.96. The standard InChI is InChI=1S/C21H24N4O3S/c1-14-8-9-17(12-15(14)2)22-18(26)10-11-19(27)24-25-21(29)23-20(28)13-16-6-4-3-5-7-16/h3-9,12H,10-11,13H2,1-2H3,(H,22,26)(H,24,27)(H2,23,25,28,29). The van der Waals surface area contributed by atoms with E-state index < -0.39 is 5.91 Å². The largest absolute Gasteiger partial charge is 0.326 e. The summed E-state index contributed by atoms with van der Waals surface area (Å²) in [5, 5.41) is 5.22. The third kappa shape index (κ3) is 8.10. The highest BCUT2D eigenvalue weighted by atomic mass is 32.1. The van der Waals surface area contributed by atoms with Gasteiger partial charge in [0.25, 0.3) is 0 Å². The van der Waals surface area contributed by atoms with Crippen molar-refractivity contribution in [1.29, 1.82) is 0 Å². The van der Waals surface area contributed by atoms with E-state index in [1.807, 2.05) is 62.4 Å². The lowest BCUT2D eigenvalue weighted by Gasteiger charge is -2.11. The van der Waals surface area contributed by atoms with Crippen LogP contribution in [0.5, 0.6) is 0 Å². The van der Waals surface area contributed by atoms with Crippen LogP contribution in [0.2, 0.25) is 0 Å². The van der Waals surface area contributed by atoms with Gasteiger partial charge in [0.2, 0.25) is 17.7 Å².